The number of hydrogen-bond donors (Lipinski definition) is 2. The average Bonchev–Trinajstić information content (AvgIpc) is 1.62. The molecule has 0 rings (SSSR count). The molecule has 0 aliphatic carbocycles. The van der Waals surface area contributed by atoms with Gasteiger partial charge < -0.3 is 10.8 Å². The summed E-state index contributed by atoms with van der Waals surface area (Å²) in [5.41, 5.74) is 3.76. The SMILES string of the molecule is [CH2]C(N)C(=O)C(C)(C)O. The summed E-state index contributed by atoms with van der Waals surface area (Å²) in [4.78, 5) is 10.7. The van der Waals surface area contributed by atoms with Gasteiger partial charge in [-0.15, -0.1) is 0 Å². The summed E-state index contributed by atoms with van der Waals surface area (Å²) in [7, 11) is 0. The van der Waals surface area contributed by atoms with Crippen molar-refractivity contribution < 1.29 is 9.90 Å². The quantitative estimate of drug-likeness (QED) is 0.529. The summed E-state index contributed by atoms with van der Waals surface area (Å²) < 4.78 is 0. The zero-order valence-electron chi connectivity index (χ0n) is 5.72. The second kappa shape index (κ2) is 2.45. The van der Waals surface area contributed by atoms with E-state index < -0.39 is 17.4 Å². The standard InChI is InChI=1S/C6H12NO2/c1-4(7)5(8)6(2,3)9/h4,9H,1,7H2,2-3H3. The molecule has 3 heteroatoms. The van der Waals surface area contributed by atoms with E-state index in [1.807, 2.05) is 0 Å². The molecule has 0 bridgehead atoms. The van der Waals surface area contributed by atoms with Crippen LogP contribution >= 0.6 is 0 Å². The van der Waals surface area contributed by atoms with Gasteiger partial charge in [0.2, 0.25) is 0 Å². The van der Waals surface area contributed by atoms with Crippen molar-refractivity contribution in [2.45, 2.75) is 25.5 Å². The molecule has 0 fully saturated rings. The summed E-state index contributed by atoms with van der Waals surface area (Å²) >= 11 is 0. The fourth-order valence-corrected chi connectivity index (χ4v) is 0.454. The summed E-state index contributed by atoms with van der Waals surface area (Å²) in [6.45, 7) is 6.05. The van der Waals surface area contributed by atoms with E-state index in [4.69, 9.17) is 10.8 Å². The van der Waals surface area contributed by atoms with E-state index in [1.165, 1.54) is 13.8 Å². The van der Waals surface area contributed by atoms with Gasteiger partial charge in [0.05, 0.1) is 6.04 Å². The molecule has 0 spiro atoms. The highest BCUT2D eigenvalue weighted by Crippen LogP contribution is 2.03. The van der Waals surface area contributed by atoms with Crippen molar-refractivity contribution in [1.82, 2.24) is 0 Å². The highest BCUT2D eigenvalue weighted by Gasteiger charge is 2.26. The first kappa shape index (κ1) is 8.59. The molecule has 0 heterocycles. The Kier molecular flexibility index (Phi) is 2.34. The maximum Gasteiger partial charge on any atom is 0.180 e. The number of hydrogen-bond acceptors (Lipinski definition) is 3. The maximum absolute atomic E-state index is 10.7. The van der Waals surface area contributed by atoms with Crippen LogP contribution in [0.3, 0.4) is 0 Å². The Bertz CT molecular complexity index is 113. The first-order valence-corrected chi connectivity index (χ1v) is 2.71. The van der Waals surface area contributed by atoms with Gasteiger partial charge in [0.15, 0.2) is 5.78 Å². The number of ketones is 1. The molecule has 0 aliphatic heterocycles. The van der Waals surface area contributed by atoms with Crippen LogP contribution < -0.4 is 5.73 Å². The van der Waals surface area contributed by atoms with Gasteiger partial charge in [0.1, 0.15) is 5.60 Å². The Labute approximate surface area is 54.9 Å². The van der Waals surface area contributed by atoms with Crippen LogP contribution in [0.5, 0.6) is 0 Å². The Morgan fingerprint density at radius 3 is 2.11 bits per heavy atom. The van der Waals surface area contributed by atoms with Crippen LogP contribution in [0.25, 0.3) is 0 Å². The van der Waals surface area contributed by atoms with Crippen molar-refractivity contribution in [3.8, 4) is 0 Å². The van der Waals surface area contributed by atoms with Gasteiger partial charge in [-0.25, -0.2) is 0 Å². The molecule has 0 saturated carbocycles. The molecule has 0 aliphatic rings. The Morgan fingerprint density at radius 2 is 2.11 bits per heavy atom. The summed E-state index contributed by atoms with van der Waals surface area (Å²) in [6.07, 6.45) is 0. The smallest absolute Gasteiger partial charge is 0.180 e. The lowest BCUT2D eigenvalue weighted by Crippen LogP contribution is -2.42. The molecular formula is C6H12NO2. The van der Waals surface area contributed by atoms with Gasteiger partial charge in [0, 0.05) is 0 Å². The van der Waals surface area contributed by atoms with Crippen molar-refractivity contribution in [2.24, 2.45) is 5.73 Å². The Balaban J connectivity index is 4.06. The van der Waals surface area contributed by atoms with Crippen LogP contribution in [0.1, 0.15) is 13.8 Å². The normalized spacial score (nSPS) is 15.2. The molecule has 3 nitrogen and oxygen atoms in total. The predicted molar refractivity (Wildman–Crippen MR) is 34.6 cm³/mol. The molecule has 0 aromatic rings. The van der Waals surface area contributed by atoms with Crippen LogP contribution in [-0.4, -0.2) is 22.5 Å². The van der Waals surface area contributed by atoms with Crippen molar-refractivity contribution in [2.75, 3.05) is 0 Å². The van der Waals surface area contributed by atoms with E-state index in [-0.39, 0.29) is 0 Å². The summed E-state index contributed by atoms with van der Waals surface area (Å²) in [6, 6.07) is -0.829. The second-order valence-electron chi connectivity index (χ2n) is 2.53. The highest BCUT2D eigenvalue weighted by molar-refractivity contribution is 5.91. The zero-order chi connectivity index (χ0) is 7.65. The van der Waals surface area contributed by atoms with Gasteiger partial charge in [-0.2, -0.15) is 0 Å². The third-order valence-corrected chi connectivity index (χ3v) is 0.940. The first-order valence-electron chi connectivity index (χ1n) is 2.71. The monoisotopic (exact) mass is 130 g/mol. The number of nitrogens with two attached hydrogens (primary N) is 1. The Morgan fingerprint density at radius 1 is 1.78 bits per heavy atom. The van der Waals surface area contributed by atoms with Crippen LogP contribution in [0.4, 0.5) is 0 Å². The van der Waals surface area contributed by atoms with E-state index in [1.54, 1.807) is 0 Å². The molecule has 3 N–H and O–H groups in total. The van der Waals surface area contributed by atoms with E-state index in [9.17, 15) is 4.79 Å². The molecule has 0 amide bonds. The van der Waals surface area contributed by atoms with Gasteiger partial charge in [-0.3, -0.25) is 4.79 Å². The van der Waals surface area contributed by atoms with E-state index >= 15 is 0 Å². The number of Topliss-reactive ketones (excluding diaryl/α,β-unsaturated/α-hetero) is 1. The second-order valence-corrected chi connectivity index (χ2v) is 2.53. The van der Waals surface area contributed by atoms with Crippen molar-refractivity contribution in [3.63, 3.8) is 0 Å². The third kappa shape index (κ3) is 2.58. The lowest BCUT2D eigenvalue weighted by Gasteiger charge is -2.17. The van der Waals surface area contributed by atoms with Gasteiger partial charge >= 0.3 is 0 Å². The minimum Gasteiger partial charge on any atom is -0.383 e. The van der Waals surface area contributed by atoms with Crippen LogP contribution in [0.2, 0.25) is 0 Å². The van der Waals surface area contributed by atoms with Crippen LogP contribution in [-0.2, 0) is 4.79 Å². The van der Waals surface area contributed by atoms with E-state index in [0.717, 1.165) is 0 Å². The van der Waals surface area contributed by atoms with E-state index in [2.05, 4.69) is 6.92 Å². The largest absolute Gasteiger partial charge is 0.383 e. The first-order chi connectivity index (χ1) is 3.85. The van der Waals surface area contributed by atoms with Crippen molar-refractivity contribution >= 4 is 5.78 Å². The number of aliphatic hydroxyl groups is 1. The number of rotatable bonds is 2. The van der Waals surface area contributed by atoms with Crippen LogP contribution in [0.15, 0.2) is 0 Å². The molecule has 1 unspecified atom stereocenters. The number of carbonyl (C=O) groups excluding carboxylic acids is 1. The minimum atomic E-state index is -1.35. The molecule has 1 radical (unpaired) electrons. The topological polar surface area (TPSA) is 63.3 Å². The Hall–Kier alpha value is -0.410. The van der Waals surface area contributed by atoms with Gasteiger partial charge in [0.25, 0.3) is 0 Å². The van der Waals surface area contributed by atoms with Gasteiger partial charge in [-0.05, 0) is 20.8 Å². The van der Waals surface area contributed by atoms with Crippen molar-refractivity contribution in [1.29, 1.82) is 0 Å². The lowest BCUT2D eigenvalue weighted by atomic mass is 9.99. The molecule has 53 valence electrons. The fourth-order valence-electron chi connectivity index (χ4n) is 0.454. The number of carbonyl (C=O) groups is 1. The lowest BCUT2D eigenvalue weighted by molar-refractivity contribution is -0.134. The minimum absolute atomic E-state index is 0.442. The zero-order valence-corrected chi connectivity index (χ0v) is 5.72. The van der Waals surface area contributed by atoms with E-state index in [0.29, 0.717) is 0 Å². The maximum atomic E-state index is 10.7. The molecular weight excluding hydrogens is 118 g/mol. The average molecular weight is 130 g/mol. The molecule has 9 heavy (non-hydrogen) atoms. The molecule has 0 aromatic carbocycles. The molecule has 1 atom stereocenters. The van der Waals surface area contributed by atoms with Crippen LogP contribution in [0, 0.1) is 6.92 Å². The summed E-state index contributed by atoms with van der Waals surface area (Å²) in [5.74, 6) is -0.442. The fraction of sp³-hybridized carbons (Fsp3) is 0.667. The third-order valence-electron chi connectivity index (χ3n) is 0.940. The van der Waals surface area contributed by atoms with Crippen molar-refractivity contribution in [3.05, 3.63) is 6.92 Å². The van der Waals surface area contributed by atoms with Gasteiger partial charge in [-0.1, -0.05) is 0 Å². The molecule has 0 aromatic heterocycles. The summed E-state index contributed by atoms with van der Waals surface area (Å²) in [5, 5.41) is 8.99. The molecule has 0 saturated heterocycles. The predicted octanol–water partition coefficient (Wildman–Crippen LogP) is -0.512. The highest BCUT2D eigenvalue weighted by atomic mass is 16.3.